The lowest BCUT2D eigenvalue weighted by Gasteiger charge is -2.20. The summed E-state index contributed by atoms with van der Waals surface area (Å²) < 4.78 is 5.43. The van der Waals surface area contributed by atoms with Crippen molar-refractivity contribution in [2.75, 3.05) is 6.54 Å². The highest BCUT2D eigenvalue weighted by Gasteiger charge is 2.27. The molecule has 5 nitrogen and oxygen atoms in total. The number of benzene rings is 1. The third kappa shape index (κ3) is 3.95. The predicted octanol–water partition coefficient (Wildman–Crippen LogP) is 3.17. The number of para-hydroxylation sites is 1. The van der Waals surface area contributed by atoms with Crippen molar-refractivity contribution in [3.8, 4) is 0 Å². The fourth-order valence-electron chi connectivity index (χ4n) is 2.56. The largest absolute Gasteiger partial charge is 0.463 e. The molecule has 25 heavy (non-hydrogen) atoms. The molecule has 0 aliphatic rings. The predicted molar refractivity (Wildman–Crippen MR) is 96.8 cm³/mol. The van der Waals surface area contributed by atoms with Gasteiger partial charge in [0.25, 0.3) is 0 Å². The summed E-state index contributed by atoms with van der Waals surface area (Å²) >= 11 is 0. The molecule has 2 N–H and O–H groups in total. The van der Waals surface area contributed by atoms with Gasteiger partial charge in [0.1, 0.15) is 17.1 Å². The van der Waals surface area contributed by atoms with Crippen molar-refractivity contribution in [2.24, 2.45) is 0 Å². The second kappa shape index (κ2) is 6.91. The summed E-state index contributed by atoms with van der Waals surface area (Å²) in [5.74, 6) is 0.842. The molecule has 1 atom stereocenters. The highest BCUT2D eigenvalue weighted by Crippen LogP contribution is 2.22. The number of nitrogens with one attached hydrogen (secondary N) is 1. The number of carbonyl (C=O) groups excluding carboxylic acids is 1. The van der Waals surface area contributed by atoms with Crippen molar-refractivity contribution in [1.29, 1.82) is 0 Å². The van der Waals surface area contributed by atoms with Crippen molar-refractivity contribution >= 4 is 22.9 Å². The maximum atomic E-state index is 12.1. The lowest BCUT2D eigenvalue weighted by molar-refractivity contribution is -0.117. The van der Waals surface area contributed by atoms with Gasteiger partial charge in [-0.25, -0.2) is 0 Å². The van der Waals surface area contributed by atoms with Gasteiger partial charge in [-0.3, -0.25) is 9.78 Å². The first-order valence-electron chi connectivity index (χ1n) is 8.05. The van der Waals surface area contributed by atoms with E-state index in [1.54, 1.807) is 38.3 Å². The zero-order valence-corrected chi connectivity index (χ0v) is 14.2. The molecule has 0 radical (unpaired) electrons. The maximum Gasteiger partial charge on any atom is 0.244 e. The van der Waals surface area contributed by atoms with Crippen molar-refractivity contribution in [1.82, 2.24) is 10.3 Å². The van der Waals surface area contributed by atoms with Gasteiger partial charge in [-0.2, -0.15) is 0 Å². The Bertz CT molecular complexity index is 920. The SMILES string of the molecule is Cc1ccc(C(C)(O)CNC(=O)C=Cc2cccc3cccnc23)o1. The van der Waals surface area contributed by atoms with Crippen LogP contribution in [0.15, 0.2) is 59.2 Å². The zero-order chi connectivity index (χ0) is 17.9. The molecule has 128 valence electrons. The second-order valence-electron chi connectivity index (χ2n) is 6.16. The first-order chi connectivity index (χ1) is 12.0. The van der Waals surface area contributed by atoms with Crippen LogP contribution < -0.4 is 5.32 Å². The molecule has 0 saturated heterocycles. The number of furan rings is 1. The number of hydrogen-bond donors (Lipinski definition) is 2. The Hall–Kier alpha value is -2.92. The number of aliphatic hydroxyl groups is 1. The third-order valence-electron chi connectivity index (χ3n) is 3.96. The van der Waals surface area contributed by atoms with E-state index in [4.69, 9.17) is 4.42 Å². The van der Waals surface area contributed by atoms with Gasteiger partial charge in [-0.15, -0.1) is 0 Å². The number of aryl methyl sites for hydroxylation is 1. The zero-order valence-electron chi connectivity index (χ0n) is 14.2. The minimum atomic E-state index is -1.27. The van der Waals surface area contributed by atoms with Crippen LogP contribution in [0.3, 0.4) is 0 Å². The number of fused-ring (bicyclic) bond motifs is 1. The summed E-state index contributed by atoms with van der Waals surface area (Å²) in [7, 11) is 0. The summed E-state index contributed by atoms with van der Waals surface area (Å²) in [4.78, 5) is 16.4. The van der Waals surface area contributed by atoms with Gasteiger partial charge in [0.15, 0.2) is 0 Å². The lowest BCUT2D eigenvalue weighted by Crippen LogP contribution is -2.37. The number of nitrogens with zero attached hydrogens (tertiary/aromatic N) is 1. The second-order valence-corrected chi connectivity index (χ2v) is 6.16. The maximum absolute atomic E-state index is 12.1. The fourth-order valence-corrected chi connectivity index (χ4v) is 2.56. The highest BCUT2D eigenvalue weighted by atomic mass is 16.4. The van der Waals surface area contributed by atoms with E-state index in [2.05, 4.69) is 10.3 Å². The quantitative estimate of drug-likeness (QED) is 0.702. The van der Waals surface area contributed by atoms with Crippen LogP contribution in [-0.4, -0.2) is 22.5 Å². The Labute approximate surface area is 146 Å². The molecule has 1 amide bonds. The first kappa shape index (κ1) is 16.9. The van der Waals surface area contributed by atoms with Crippen LogP contribution in [0.25, 0.3) is 17.0 Å². The van der Waals surface area contributed by atoms with E-state index in [1.807, 2.05) is 30.3 Å². The number of carbonyl (C=O) groups is 1. The Balaban J connectivity index is 1.67. The molecule has 2 aromatic heterocycles. The summed E-state index contributed by atoms with van der Waals surface area (Å²) in [5.41, 5.74) is 0.437. The van der Waals surface area contributed by atoms with Crippen molar-refractivity contribution in [3.05, 3.63) is 71.8 Å². The van der Waals surface area contributed by atoms with Crippen LogP contribution in [0, 0.1) is 6.92 Å². The molecule has 1 unspecified atom stereocenters. The molecule has 0 aliphatic heterocycles. The Kier molecular flexibility index (Phi) is 4.67. The van der Waals surface area contributed by atoms with E-state index in [-0.39, 0.29) is 12.5 Å². The van der Waals surface area contributed by atoms with Crippen LogP contribution in [0.1, 0.15) is 24.0 Å². The van der Waals surface area contributed by atoms with E-state index in [0.29, 0.717) is 11.5 Å². The number of rotatable bonds is 5. The summed E-state index contributed by atoms with van der Waals surface area (Å²) in [6.45, 7) is 3.46. The van der Waals surface area contributed by atoms with Gasteiger partial charge in [0.2, 0.25) is 5.91 Å². The summed E-state index contributed by atoms with van der Waals surface area (Å²) in [6.07, 6.45) is 4.88. The smallest absolute Gasteiger partial charge is 0.244 e. The van der Waals surface area contributed by atoms with Crippen molar-refractivity contribution in [3.63, 3.8) is 0 Å². The number of pyridine rings is 1. The molecule has 3 aromatic rings. The summed E-state index contributed by atoms with van der Waals surface area (Å²) in [6, 6.07) is 13.1. The molecule has 3 rings (SSSR count). The lowest BCUT2D eigenvalue weighted by atomic mass is 10.0. The fraction of sp³-hybridized carbons (Fsp3) is 0.200. The molecule has 1 aromatic carbocycles. The van der Waals surface area contributed by atoms with E-state index in [1.165, 1.54) is 6.08 Å². The van der Waals surface area contributed by atoms with Crippen molar-refractivity contribution < 1.29 is 14.3 Å². The number of amides is 1. The van der Waals surface area contributed by atoms with Gasteiger partial charge in [-0.1, -0.05) is 24.3 Å². The van der Waals surface area contributed by atoms with Gasteiger partial charge in [-0.05, 0) is 38.1 Å². The van der Waals surface area contributed by atoms with Gasteiger partial charge >= 0.3 is 0 Å². The van der Waals surface area contributed by atoms with Crippen molar-refractivity contribution in [2.45, 2.75) is 19.4 Å². The number of aromatic nitrogens is 1. The van der Waals surface area contributed by atoms with Gasteiger partial charge < -0.3 is 14.8 Å². The number of hydrogen-bond acceptors (Lipinski definition) is 4. The molecular formula is C20H20N2O3. The molecule has 0 bridgehead atoms. The molecule has 0 fully saturated rings. The van der Waals surface area contributed by atoms with E-state index in [9.17, 15) is 9.90 Å². The Morgan fingerprint density at radius 1 is 1.28 bits per heavy atom. The van der Waals surface area contributed by atoms with Crippen LogP contribution in [0.5, 0.6) is 0 Å². The van der Waals surface area contributed by atoms with Crippen LogP contribution in [0.4, 0.5) is 0 Å². The van der Waals surface area contributed by atoms with Gasteiger partial charge in [0, 0.05) is 23.2 Å². The minimum absolute atomic E-state index is 0.0525. The molecular weight excluding hydrogens is 316 g/mol. The normalized spacial score (nSPS) is 13.9. The molecule has 0 saturated carbocycles. The third-order valence-corrected chi connectivity index (χ3v) is 3.96. The monoisotopic (exact) mass is 336 g/mol. The van der Waals surface area contributed by atoms with E-state index >= 15 is 0 Å². The van der Waals surface area contributed by atoms with Crippen LogP contribution >= 0.6 is 0 Å². The highest BCUT2D eigenvalue weighted by molar-refractivity contribution is 5.95. The van der Waals surface area contributed by atoms with Gasteiger partial charge in [0.05, 0.1) is 12.1 Å². The standard InChI is InChI=1S/C20H20N2O3/c1-14-8-10-17(25-14)20(2,24)13-22-18(23)11-9-16-6-3-5-15-7-4-12-21-19(15)16/h3-12,24H,13H2,1-2H3,(H,22,23). The van der Waals surface area contributed by atoms with E-state index in [0.717, 1.165) is 16.5 Å². The average Bonchev–Trinajstić information content (AvgIpc) is 3.05. The molecule has 0 spiro atoms. The molecule has 2 heterocycles. The molecule has 0 aliphatic carbocycles. The van der Waals surface area contributed by atoms with Crippen LogP contribution in [-0.2, 0) is 10.4 Å². The molecule has 5 heteroatoms. The Morgan fingerprint density at radius 3 is 2.84 bits per heavy atom. The minimum Gasteiger partial charge on any atom is -0.463 e. The van der Waals surface area contributed by atoms with E-state index < -0.39 is 5.60 Å². The topological polar surface area (TPSA) is 75.4 Å². The average molecular weight is 336 g/mol. The van der Waals surface area contributed by atoms with Crippen LogP contribution in [0.2, 0.25) is 0 Å². The Morgan fingerprint density at radius 2 is 2.08 bits per heavy atom. The summed E-state index contributed by atoms with van der Waals surface area (Å²) in [5, 5.41) is 14.1. The first-order valence-corrected chi connectivity index (χ1v) is 8.05.